The van der Waals surface area contributed by atoms with Gasteiger partial charge in [-0.05, 0) is 37.5 Å². The molecule has 0 bridgehead atoms. The molecule has 0 aliphatic heterocycles. The fraction of sp³-hybridized carbons (Fsp3) is 0.769. The molecule has 0 radical (unpaired) electrons. The van der Waals surface area contributed by atoms with E-state index in [9.17, 15) is 4.79 Å². The van der Waals surface area contributed by atoms with Crippen LogP contribution < -0.4 is 0 Å². The van der Waals surface area contributed by atoms with E-state index >= 15 is 0 Å². The van der Waals surface area contributed by atoms with Crippen molar-refractivity contribution in [3.63, 3.8) is 0 Å². The van der Waals surface area contributed by atoms with E-state index in [0.717, 1.165) is 18.6 Å². The van der Waals surface area contributed by atoms with Gasteiger partial charge < -0.3 is 4.79 Å². The summed E-state index contributed by atoms with van der Waals surface area (Å²) in [5.74, 6) is 0.781. The molecule has 14 heavy (non-hydrogen) atoms. The summed E-state index contributed by atoms with van der Waals surface area (Å²) in [5, 5.41) is 0. The molecule has 0 amide bonds. The van der Waals surface area contributed by atoms with E-state index in [1.54, 1.807) is 5.57 Å². The average molecular weight is 194 g/mol. The zero-order valence-electron chi connectivity index (χ0n) is 9.89. The van der Waals surface area contributed by atoms with Crippen molar-refractivity contribution in [1.29, 1.82) is 0 Å². The van der Waals surface area contributed by atoms with Gasteiger partial charge in [0.05, 0.1) is 0 Å². The van der Waals surface area contributed by atoms with E-state index in [0.29, 0.717) is 11.8 Å². The molecule has 1 aliphatic rings. The molecule has 0 heterocycles. The van der Waals surface area contributed by atoms with Crippen LogP contribution in [0.1, 0.15) is 53.4 Å². The molecule has 0 spiro atoms. The summed E-state index contributed by atoms with van der Waals surface area (Å²) in [5.41, 5.74) is 3.41. The highest BCUT2D eigenvalue weighted by Crippen LogP contribution is 2.48. The largest absolute Gasteiger partial charge is 0.303 e. The summed E-state index contributed by atoms with van der Waals surface area (Å²) >= 11 is 0. The Morgan fingerprint density at radius 1 is 1.57 bits per heavy atom. The lowest BCUT2D eigenvalue weighted by atomic mass is 9.78. The minimum atomic E-state index is 0.354. The summed E-state index contributed by atoms with van der Waals surface area (Å²) in [4.78, 5) is 10.3. The Bertz CT molecular complexity index is 248. The van der Waals surface area contributed by atoms with E-state index in [2.05, 4.69) is 27.7 Å². The predicted octanol–water partition coefficient (Wildman–Crippen LogP) is 3.74. The zero-order chi connectivity index (χ0) is 10.8. The number of carbonyl (C=O) groups is 1. The molecule has 0 saturated heterocycles. The van der Waals surface area contributed by atoms with Gasteiger partial charge in [0, 0.05) is 6.42 Å². The van der Waals surface area contributed by atoms with Crippen molar-refractivity contribution in [3.05, 3.63) is 11.1 Å². The highest BCUT2D eigenvalue weighted by Gasteiger charge is 2.36. The van der Waals surface area contributed by atoms with Gasteiger partial charge in [0.1, 0.15) is 6.29 Å². The Hall–Kier alpha value is -0.590. The molecule has 80 valence electrons. The second kappa shape index (κ2) is 4.29. The lowest BCUT2D eigenvalue weighted by Gasteiger charge is -2.27. The molecule has 0 aromatic heterocycles. The Morgan fingerprint density at radius 2 is 2.21 bits per heavy atom. The van der Waals surface area contributed by atoms with Crippen LogP contribution in [0, 0.1) is 11.3 Å². The third kappa shape index (κ3) is 2.08. The van der Waals surface area contributed by atoms with Crippen molar-refractivity contribution >= 4 is 6.29 Å². The highest BCUT2D eigenvalue weighted by atomic mass is 16.1. The van der Waals surface area contributed by atoms with E-state index < -0.39 is 0 Å². The van der Waals surface area contributed by atoms with E-state index in [1.165, 1.54) is 18.4 Å². The highest BCUT2D eigenvalue weighted by molar-refractivity contribution is 5.50. The normalized spacial score (nSPS) is 29.0. The fourth-order valence-electron chi connectivity index (χ4n) is 2.53. The van der Waals surface area contributed by atoms with Crippen LogP contribution in [0.5, 0.6) is 0 Å². The van der Waals surface area contributed by atoms with E-state index in [1.807, 2.05) is 0 Å². The molecule has 1 rings (SSSR count). The maximum atomic E-state index is 10.3. The molecule has 1 aliphatic carbocycles. The van der Waals surface area contributed by atoms with Gasteiger partial charge in [-0.2, -0.15) is 0 Å². The summed E-state index contributed by atoms with van der Waals surface area (Å²) in [6.07, 6.45) is 5.20. The van der Waals surface area contributed by atoms with Crippen LogP contribution in [-0.4, -0.2) is 6.29 Å². The van der Waals surface area contributed by atoms with E-state index in [4.69, 9.17) is 0 Å². The Kier molecular flexibility index (Phi) is 3.52. The monoisotopic (exact) mass is 194 g/mol. The second-order valence-electron chi connectivity index (χ2n) is 5.13. The smallest absolute Gasteiger partial charge is 0.120 e. The van der Waals surface area contributed by atoms with Gasteiger partial charge >= 0.3 is 0 Å². The van der Waals surface area contributed by atoms with Crippen LogP contribution in [0.25, 0.3) is 0 Å². The van der Waals surface area contributed by atoms with Crippen molar-refractivity contribution in [2.75, 3.05) is 0 Å². The number of aldehydes is 1. The lowest BCUT2D eigenvalue weighted by molar-refractivity contribution is -0.107. The summed E-state index contributed by atoms with van der Waals surface area (Å²) in [6.45, 7) is 9.20. The molecule has 0 N–H and O–H groups in total. The van der Waals surface area contributed by atoms with Crippen LogP contribution in [0.4, 0.5) is 0 Å². The first kappa shape index (κ1) is 11.5. The summed E-state index contributed by atoms with van der Waals surface area (Å²) in [7, 11) is 0. The van der Waals surface area contributed by atoms with Crippen LogP contribution in [0.15, 0.2) is 11.1 Å². The van der Waals surface area contributed by atoms with Crippen molar-refractivity contribution in [3.8, 4) is 0 Å². The summed E-state index contributed by atoms with van der Waals surface area (Å²) < 4.78 is 0. The Labute approximate surface area is 87.6 Å². The molecule has 1 atom stereocenters. The van der Waals surface area contributed by atoms with Crippen molar-refractivity contribution < 1.29 is 4.79 Å². The Balaban J connectivity index is 2.81. The predicted molar refractivity (Wildman–Crippen MR) is 60.2 cm³/mol. The quantitative estimate of drug-likeness (QED) is 0.494. The first-order chi connectivity index (χ1) is 6.50. The molecule has 0 aromatic rings. The topological polar surface area (TPSA) is 17.1 Å². The fourth-order valence-corrected chi connectivity index (χ4v) is 2.53. The first-order valence-corrected chi connectivity index (χ1v) is 5.63. The number of hydrogen-bond acceptors (Lipinski definition) is 1. The molecule has 1 unspecified atom stereocenters. The third-order valence-corrected chi connectivity index (χ3v) is 3.99. The van der Waals surface area contributed by atoms with Gasteiger partial charge in [-0.15, -0.1) is 0 Å². The van der Waals surface area contributed by atoms with Crippen molar-refractivity contribution in [1.82, 2.24) is 0 Å². The maximum absolute atomic E-state index is 10.3. The van der Waals surface area contributed by atoms with Crippen molar-refractivity contribution in [2.45, 2.75) is 53.4 Å². The average Bonchev–Trinajstić information content (AvgIpc) is 2.38. The Morgan fingerprint density at radius 3 is 2.64 bits per heavy atom. The van der Waals surface area contributed by atoms with Crippen LogP contribution in [-0.2, 0) is 4.79 Å². The minimum Gasteiger partial charge on any atom is -0.303 e. The second-order valence-corrected chi connectivity index (χ2v) is 5.13. The van der Waals surface area contributed by atoms with Gasteiger partial charge in [0.2, 0.25) is 0 Å². The van der Waals surface area contributed by atoms with Gasteiger partial charge in [-0.1, -0.05) is 31.9 Å². The molecule has 1 heteroatoms. The third-order valence-electron chi connectivity index (χ3n) is 3.99. The van der Waals surface area contributed by atoms with Gasteiger partial charge in [-0.3, -0.25) is 0 Å². The van der Waals surface area contributed by atoms with Gasteiger partial charge in [0.15, 0.2) is 0 Å². The molecule has 1 nitrogen and oxygen atoms in total. The van der Waals surface area contributed by atoms with Crippen LogP contribution >= 0.6 is 0 Å². The molecular formula is C13H22O. The lowest BCUT2D eigenvalue weighted by Crippen LogP contribution is -2.17. The van der Waals surface area contributed by atoms with Gasteiger partial charge in [-0.25, -0.2) is 0 Å². The standard InChI is InChI=1S/C13H22O/c1-10(6-5-9-14)12-8-7-11(2)13(12,3)4/h9,11H,5-8H2,1-4H3. The van der Waals surface area contributed by atoms with Crippen LogP contribution in [0.2, 0.25) is 0 Å². The van der Waals surface area contributed by atoms with E-state index in [-0.39, 0.29) is 0 Å². The number of rotatable bonds is 3. The SMILES string of the molecule is CC(CCC=O)=C1CCC(C)C1(C)C. The van der Waals surface area contributed by atoms with Crippen LogP contribution in [0.3, 0.4) is 0 Å². The molecular weight excluding hydrogens is 172 g/mol. The minimum absolute atomic E-state index is 0.354. The first-order valence-electron chi connectivity index (χ1n) is 5.63. The van der Waals surface area contributed by atoms with Crippen molar-refractivity contribution in [2.24, 2.45) is 11.3 Å². The van der Waals surface area contributed by atoms with Gasteiger partial charge in [0.25, 0.3) is 0 Å². The zero-order valence-corrected chi connectivity index (χ0v) is 9.89. The maximum Gasteiger partial charge on any atom is 0.120 e. The summed E-state index contributed by atoms with van der Waals surface area (Å²) in [6, 6.07) is 0. The number of carbonyl (C=O) groups excluding carboxylic acids is 1. The molecule has 1 fully saturated rings. The molecule has 0 aromatic carbocycles. The number of allylic oxidation sites excluding steroid dienone is 2. The molecule has 1 saturated carbocycles. The number of hydrogen-bond donors (Lipinski definition) is 0.